The molecule has 1 aromatic heterocycles. The molecule has 0 fully saturated rings. The molecule has 178 valence electrons. The van der Waals surface area contributed by atoms with E-state index in [1.165, 1.54) is 59.4 Å². The van der Waals surface area contributed by atoms with Crippen molar-refractivity contribution in [3.8, 4) is 11.4 Å². The van der Waals surface area contributed by atoms with Crippen molar-refractivity contribution in [2.75, 3.05) is 11.9 Å². The SMILES string of the molecule is CCOC(=O)c1ccc(NC(=O)c2nn(-c3ccc(F)cc3)cc2OCc2ccc(F)cc2)cc1. The Morgan fingerprint density at radius 1 is 0.914 bits per heavy atom. The summed E-state index contributed by atoms with van der Waals surface area (Å²) in [5.74, 6) is -1.60. The van der Waals surface area contributed by atoms with Gasteiger partial charge in [0, 0.05) is 5.69 Å². The van der Waals surface area contributed by atoms with Crippen LogP contribution < -0.4 is 10.1 Å². The van der Waals surface area contributed by atoms with Gasteiger partial charge in [-0.1, -0.05) is 12.1 Å². The van der Waals surface area contributed by atoms with Crippen LogP contribution in [-0.2, 0) is 11.3 Å². The highest BCUT2D eigenvalue weighted by atomic mass is 19.1. The second-order valence-corrected chi connectivity index (χ2v) is 7.43. The third kappa shape index (κ3) is 5.89. The van der Waals surface area contributed by atoms with E-state index >= 15 is 0 Å². The Hall–Kier alpha value is -4.53. The van der Waals surface area contributed by atoms with Gasteiger partial charge >= 0.3 is 5.97 Å². The van der Waals surface area contributed by atoms with E-state index in [1.54, 1.807) is 31.2 Å². The van der Waals surface area contributed by atoms with Crippen LogP contribution in [0.1, 0.15) is 33.3 Å². The van der Waals surface area contributed by atoms with Gasteiger partial charge in [-0.05, 0) is 73.2 Å². The molecule has 9 heteroatoms. The van der Waals surface area contributed by atoms with Crippen LogP contribution in [0.25, 0.3) is 5.69 Å². The van der Waals surface area contributed by atoms with E-state index in [0.717, 1.165) is 0 Å². The molecule has 0 aliphatic heterocycles. The van der Waals surface area contributed by atoms with Gasteiger partial charge in [0.25, 0.3) is 5.91 Å². The van der Waals surface area contributed by atoms with E-state index in [-0.39, 0.29) is 30.5 Å². The molecule has 0 aliphatic carbocycles. The lowest BCUT2D eigenvalue weighted by molar-refractivity contribution is 0.0526. The number of anilines is 1. The van der Waals surface area contributed by atoms with Gasteiger partial charge < -0.3 is 14.8 Å². The summed E-state index contributed by atoms with van der Waals surface area (Å²) in [6.45, 7) is 2.05. The van der Waals surface area contributed by atoms with E-state index in [4.69, 9.17) is 9.47 Å². The van der Waals surface area contributed by atoms with Crippen LogP contribution in [0.5, 0.6) is 5.75 Å². The molecule has 1 amide bonds. The van der Waals surface area contributed by atoms with Gasteiger partial charge in [0.15, 0.2) is 11.4 Å². The first kappa shape index (κ1) is 23.6. The largest absolute Gasteiger partial charge is 0.485 e. The minimum absolute atomic E-state index is 0.00842. The predicted molar refractivity (Wildman–Crippen MR) is 125 cm³/mol. The maximum absolute atomic E-state index is 13.3. The number of aromatic nitrogens is 2. The van der Waals surface area contributed by atoms with Gasteiger partial charge in [-0.3, -0.25) is 4.79 Å². The summed E-state index contributed by atoms with van der Waals surface area (Å²) < 4.78 is 38.7. The lowest BCUT2D eigenvalue weighted by Gasteiger charge is -2.08. The Labute approximate surface area is 199 Å². The van der Waals surface area contributed by atoms with E-state index < -0.39 is 17.7 Å². The molecule has 1 N–H and O–H groups in total. The zero-order chi connectivity index (χ0) is 24.8. The third-order valence-electron chi connectivity index (χ3n) is 4.95. The number of amides is 1. The van der Waals surface area contributed by atoms with E-state index in [9.17, 15) is 18.4 Å². The molecule has 0 bridgehead atoms. The van der Waals surface area contributed by atoms with Crippen molar-refractivity contribution in [1.82, 2.24) is 9.78 Å². The molecule has 35 heavy (non-hydrogen) atoms. The van der Waals surface area contributed by atoms with Crippen LogP contribution in [0.4, 0.5) is 14.5 Å². The van der Waals surface area contributed by atoms with Crippen LogP contribution >= 0.6 is 0 Å². The fourth-order valence-corrected chi connectivity index (χ4v) is 3.18. The molecule has 0 atom stereocenters. The number of carbonyl (C=O) groups is 2. The summed E-state index contributed by atoms with van der Waals surface area (Å²) in [4.78, 5) is 24.9. The minimum Gasteiger partial charge on any atom is -0.485 e. The summed E-state index contributed by atoms with van der Waals surface area (Å²) in [6, 6.07) is 17.6. The number of hydrogen-bond acceptors (Lipinski definition) is 5. The number of benzene rings is 3. The monoisotopic (exact) mass is 477 g/mol. The molecule has 4 aromatic rings. The standard InChI is InChI=1S/C26H21F2N3O4/c1-2-34-26(33)18-5-11-21(12-6-18)29-25(32)24-23(35-16-17-3-7-19(27)8-4-17)15-31(30-24)22-13-9-20(28)10-14-22/h3-15H,2,16H2,1H3,(H,29,32). The van der Waals surface area contributed by atoms with E-state index in [1.807, 2.05) is 0 Å². The number of halogens is 2. The second kappa shape index (κ2) is 10.6. The Balaban J connectivity index is 1.57. The second-order valence-electron chi connectivity index (χ2n) is 7.43. The van der Waals surface area contributed by atoms with Crippen LogP contribution in [0.15, 0.2) is 79.0 Å². The maximum Gasteiger partial charge on any atom is 0.338 e. The highest BCUT2D eigenvalue weighted by Gasteiger charge is 2.20. The molecule has 3 aromatic carbocycles. The minimum atomic E-state index is -0.552. The third-order valence-corrected chi connectivity index (χ3v) is 4.95. The summed E-state index contributed by atoms with van der Waals surface area (Å²) in [5.41, 5.74) is 2.00. The van der Waals surface area contributed by atoms with Crippen LogP contribution in [0.3, 0.4) is 0 Å². The van der Waals surface area contributed by atoms with Crippen molar-refractivity contribution in [1.29, 1.82) is 0 Å². The summed E-state index contributed by atoms with van der Waals surface area (Å²) in [6.07, 6.45) is 1.51. The predicted octanol–water partition coefficient (Wildman–Crippen LogP) is 5.16. The molecular weight excluding hydrogens is 456 g/mol. The molecule has 0 saturated carbocycles. The van der Waals surface area contributed by atoms with Crippen molar-refractivity contribution in [3.63, 3.8) is 0 Å². The van der Waals surface area contributed by atoms with Crippen LogP contribution in [0.2, 0.25) is 0 Å². The lowest BCUT2D eigenvalue weighted by Crippen LogP contribution is -2.15. The highest BCUT2D eigenvalue weighted by molar-refractivity contribution is 6.05. The Bertz CT molecular complexity index is 1320. The molecule has 7 nitrogen and oxygen atoms in total. The summed E-state index contributed by atoms with van der Waals surface area (Å²) in [5, 5.41) is 7.05. The number of esters is 1. The zero-order valence-corrected chi connectivity index (χ0v) is 18.7. The molecule has 1 heterocycles. The van der Waals surface area contributed by atoms with E-state index in [2.05, 4.69) is 10.4 Å². The van der Waals surface area contributed by atoms with E-state index in [0.29, 0.717) is 22.5 Å². The fraction of sp³-hybridized carbons (Fsp3) is 0.115. The molecule has 4 rings (SSSR count). The van der Waals surface area contributed by atoms with Crippen molar-refractivity contribution in [2.45, 2.75) is 13.5 Å². The first-order chi connectivity index (χ1) is 16.9. The Morgan fingerprint density at radius 3 is 2.17 bits per heavy atom. The smallest absolute Gasteiger partial charge is 0.338 e. The molecule has 0 aliphatic rings. The highest BCUT2D eigenvalue weighted by Crippen LogP contribution is 2.23. The molecular formula is C26H21F2N3O4. The fourth-order valence-electron chi connectivity index (χ4n) is 3.18. The Kier molecular flexibility index (Phi) is 7.15. The molecule has 0 saturated heterocycles. The zero-order valence-electron chi connectivity index (χ0n) is 18.7. The normalized spacial score (nSPS) is 10.6. The molecule has 0 spiro atoms. The number of nitrogens with one attached hydrogen (secondary N) is 1. The van der Waals surface area contributed by atoms with Gasteiger partial charge in [0.05, 0.1) is 24.1 Å². The number of nitrogens with zero attached hydrogens (tertiary/aromatic N) is 2. The number of rotatable bonds is 8. The topological polar surface area (TPSA) is 82.5 Å². The average Bonchev–Trinajstić information content (AvgIpc) is 3.29. The molecule has 0 unspecified atom stereocenters. The Morgan fingerprint density at radius 2 is 1.54 bits per heavy atom. The number of ether oxygens (including phenoxy) is 2. The van der Waals surface area contributed by atoms with Crippen LogP contribution in [-0.4, -0.2) is 28.3 Å². The lowest BCUT2D eigenvalue weighted by atomic mass is 10.2. The van der Waals surface area contributed by atoms with Gasteiger partial charge in [-0.25, -0.2) is 18.3 Å². The van der Waals surface area contributed by atoms with Crippen molar-refractivity contribution >= 4 is 17.6 Å². The van der Waals surface area contributed by atoms with Gasteiger partial charge in [-0.2, -0.15) is 5.10 Å². The first-order valence-corrected chi connectivity index (χ1v) is 10.7. The van der Waals surface area contributed by atoms with Gasteiger partial charge in [0.1, 0.15) is 18.2 Å². The van der Waals surface area contributed by atoms with Gasteiger partial charge in [-0.15, -0.1) is 0 Å². The maximum atomic E-state index is 13.3. The number of carbonyl (C=O) groups excluding carboxylic acids is 2. The summed E-state index contributed by atoms with van der Waals surface area (Å²) >= 11 is 0. The van der Waals surface area contributed by atoms with Crippen molar-refractivity contribution in [2.24, 2.45) is 0 Å². The van der Waals surface area contributed by atoms with Crippen LogP contribution in [0, 0.1) is 11.6 Å². The first-order valence-electron chi connectivity index (χ1n) is 10.7. The number of hydrogen-bond donors (Lipinski definition) is 1. The van der Waals surface area contributed by atoms with Crippen molar-refractivity contribution in [3.05, 3.63) is 107 Å². The quantitative estimate of drug-likeness (QED) is 0.355. The summed E-state index contributed by atoms with van der Waals surface area (Å²) in [7, 11) is 0. The van der Waals surface area contributed by atoms with Crippen molar-refractivity contribution < 1.29 is 27.8 Å². The average molecular weight is 477 g/mol. The molecule has 0 radical (unpaired) electrons. The van der Waals surface area contributed by atoms with Gasteiger partial charge in [0.2, 0.25) is 0 Å².